The summed E-state index contributed by atoms with van der Waals surface area (Å²) < 4.78 is 28.0. The maximum atomic E-state index is 12.8. The van der Waals surface area contributed by atoms with Gasteiger partial charge in [0, 0.05) is 23.2 Å². The highest BCUT2D eigenvalue weighted by molar-refractivity contribution is 7.92. The summed E-state index contributed by atoms with van der Waals surface area (Å²) in [6, 6.07) is 15.9. The summed E-state index contributed by atoms with van der Waals surface area (Å²) in [5.74, 6) is -0.730. The van der Waals surface area contributed by atoms with Crippen molar-refractivity contribution in [2.45, 2.75) is 25.7 Å². The third-order valence-electron chi connectivity index (χ3n) is 4.57. The predicted octanol–water partition coefficient (Wildman–Crippen LogP) is 4.97. The molecule has 0 bridgehead atoms. The fourth-order valence-electron chi connectivity index (χ4n) is 3.01. The lowest BCUT2D eigenvalue weighted by molar-refractivity contribution is -0.114. The SMILES string of the molecule is CC(=O)Nc1ccc(Cl)cc1NC(=O)c1ccc(NS(=O)(=O)c2cc(C)ccc2C)cc1. The van der Waals surface area contributed by atoms with Gasteiger partial charge in [-0.1, -0.05) is 23.7 Å². The van der Waals surface area contributed by atoms with Gasteiger partial charge in [-0.25, -0.2) is 8.42 Å². The fraction of sp³-hybridized carbons (Fsp3) is 0.130. The zero-order valence-electron chi connectivity index (χ0n) is 17.7. The summed E-state index contributed by atoms with van der Waals surface area (Å²) in [5, 5.41) is 5.72. The van der Waals surface area contributed by atoms with Gasteiger partial charge in [-0.3, -0.25) is 14.3 Å². The molecule has 0 aliphatic carbocycles. The van der Waals surface area contributed by atoms with Crippen LogP contribution in [-0.2, 0) is 14.8 Å². The van der Waals surface area contributed by atoms with Gasteiger partial charge in [0.25, 0.3) is 15.9 Å². The Kier molecular flexibility index (Phi) is 6.86. The van der Waals surface area contributed by atoms with Crippen LogP contribution in [0.5, 0.6) is 0 Å². The maximum absolute atomic E-state index is 12.8. The lowest BCUT2D eigenvalue weighted by Gasteiger charge is -2.13. The Morgan fingerprint density at radius 3 is 2.19 bits per heavy atom. The molecule has 0 fully saturated rings. The monoisotopic (exact) mass is 471 g/mol. The van der Waals surface area contributed by atoms with Crippen molar-refractivity contribution in [1.82, 2.24) is 0 Å². The molecule has 3 aromatic rings. The van der Waals surface area contributed by atoms with Gasteiger partial charge in [0.05, 0.1) is 16.3 Å². The summed E-state index contributed by atoms with van der Waals surface area (Å²) in [6.07, 6.45) is 0. The van der Waals surface area contributed by atoms with Gasteiger partial charge in [0.2, 0.25) is 5.91 Å². The number of amides is 2. The minimum absolute atomic E-state index is 0.200. The average molecular weight is 472 g/mol. The first-order valence-electron chi connectivity index (χ1n) is 9.64. The van der Waals surface area contributed by atoms with Gasteiger partial charge in [0.15, 0.2) is 0 Å². The third-order valence-corrected chi connectivity index (χ3v) is 6.33. The molecule has 0 spiro atoms. The molecule has 0 aliphatic rings. The van der Waals surface area contributed by atoms with Gasteiger partial charge in [-0.05, 0) is 73.5 Å². The van der Waals surface area contributed by atoms with Crippen molar-refractivity contribution in [3.63, 3.8) is 0 Å². The van der Waals surface area contributed by atoms with Gasteiger partial charge in [0.1, 0.15) is 0 Å². The number of benzene rings is 3. The van der Waals surface area contributed by atoms with E-state index in [0.29, 0.717) is 33.2 Å². The van der Waals surface area contributed by atoms with Crippen LogP contribution in [0.1, 0.15) is 28.4 Å². The highest BCUT2D eigenvalue weighted by Gasteiger charge is 2.18. The maximum Gasteiger partial charge on any atom is 0.262 e. The molecular formula is C23H22ClN3O4S. The van der Waals surface area contributed by atoms with Crippen LogP contribution in [0.15, 0.2) is 65.6 Å². The Balaban J connectivity index is 1.77. The lowest BCUT2D eigenvalue weighted by atomic mass is 10.2. The second-order valence-corrected chi connectivity index (χ2v) is 9.36. The van der Waals surface area contributed by atoms with Crippen molar-refractivity contribution < 1.29 is 18.0 Å². The third kappa shape index (κ3) is 5.66. The Morgan fingerprint density at radius 2 is 1.53 bits per heavy atom. The largest absolute Gasteiger partial charge is 0.325 e. The number of halogens is 1. The Morgan fingerprint density at radius 1 is 0.844 bits per heavy atom. The minimum Gasteiger partial charge on any atom is -0.325 e. The fourth-order valence-corrected chi connectivity index (χ4v) is 4.57. The van der Waals surface area contributed by atoms with Crippen LogP contribution in [0.2, 0.25) is 5.02 Å². The van der Waals surface area contributed by atoms with E-state index in [4.69, 9.17) is 11.6 Å². The molecule has 9 heteroatoms. The van der Waals surface area contributed by atoms with Crippen molar-refractivity contribution in [2.75, 3.05) is 15.4 Å². The number of carbonyl (C=O) groups is 2. The molecular weight excluding hydrogens is 450 g/mol. The zero-order chi connectivity index (χ0) is 23.5. The van der Waals surface area contributed by atoms with Gasteiger partial charge < -0.3 is 10.6 Å². The highest BCUT2D eigenvalue weighted by atomic mass is 35.5. The van der Waals surface area contributed by atoms with Crippen LogP contribution < -0.4 is 15.4 Å². The van der Waals surface area contributed by atoms with Gasteiger partial charge in [-0.2, -0.15) is 0 Å². The van der Waals surface area contributed by atoms with Crippen LogP contribution in [0.3, 0.4) is 0 Å². The second kappa shape index (κ2) is 9.42. The first-order valence-corrected chi connectivity index (χ1v) is 11.5. The van der Waals surface area contributed by atoms with E-state index in [9.17, 15) is 18.0 Å². The standard InChI is InChI=1S/C23H22ClN3O4S/c1-14-4-5-15(2)22(12-14)32(30,31)27-19-9-6-17(7-10-19)23(29)26-21-13-18(24)8-11-20(21)25-16(3)28/h4-13,27H,1-3H3,(H,25,28)(H,26,29). The number of hydrogen-bond donors (Lipinski definition) is 3. The van der Waals surface area contributed by atoms with Gasteiger partial charge >= 0.3 is 0 Å². The number of aryl methyl sites for hydroxylation is 2. The number of nitrogens with one attached hydrogen (secondary N) is 3. The molecule has 0 atom stereocenters. The smallest absolute Gasteiger partial charge is 0.262 e. The summed E-state index contributed by atoms with van der Waals surface area (Å²) in [5.41, 5.74) is 2.85. The van der Waals surface area contributed by atoms with Crippen LogP contribution in [0, 0.1) is 13.8 Å². The molecule has 2 amide bonds. The molecule has 166 valence electrons. The minimum atomic E-state index is -3.78. The van der Waals surface area contributed by atoms with Crippen molar-refractivity contribution >= 4 is 50.5 Å². The van der Waals surface area contributed by atoms with Gasteiger partial charge in [-0.15, -0.1) is 0 Å². The molecule has 0 saturated heterocycles. The molecule has 32 heavy (non-hydrogen) atoms. The predicted molar refractivity (Wildman–Crippen MR) is 127 cm³/mol. The molecule has 0 aromatic heterocycles. The topological polar surface area (TPSA) is 104 Å². The van der Waals surface area contributed by atoms with Crippen molar-refractivity contribution in [3.8, 4) is 0 Å². The lowest BCUT2D eigenvalue weighted by Crippen LogP contribution is -2.16. The van der Waals surface area contributed by atoms with E-state index in [1.165, 1.54) is 37.3 Å². The quantitative estimate of drug-likeness (QED) is 0.472. The number of sulfonamides is 1. The van der Waals surface area contributed by atoms with E-state index in [-0.39, 0.29) is 10.8 Å². The van der Waals surface area contributed by atoms with E-state index in [1.54, 1.807) is 31.2 Å². The number of hydrogen-bond acceptors (Lipinski definition) is 4. The summed E-state index contributed by atoms with van der Waals surface area (Å²) >= 11 is 6.01. The molecule has 3 aromatic carbocycles. The van der Waals surface area contributed by atoms with E-state index in [0.717, 1.165) is 5.56 Å². The number of carbonyl (C=O) groups excluding carboxylic acids is 2. The van der Waals surface area contributed by atoms with Crippen molar-refractivity contribution in [1.29, 1.82) is 0 Å². The zero-order valence-corrected chi connectivity index (χ0v) is 19.3. The summed E-state index contributed by atoms with van der Waals surface area (Å²) in [4.78, 5) is 24.2. The van der Waals surface area contributed by atoms with Crippen LogP contribution in [-0.4, -0.2) is 20.2 Å². The molecule has 0 aliphatic heterocycles. The Bertz CT molecular complexity index is 1290. The molecule has 7 nitrogen and oxygen atoms in total. The average Bonchev–Trinajstić information content (AvgIpc) is 2.71. The summed E-state index contributed by atoms with van der Waals surface area (Å²) in [6.45, 7) is 4.91. The molecule has 0 unspecified atom stereocenters. The first-order chi connectivity index (χ1) is 15.0. The first kappa shape index (κ1) is 23.3. The number of rotatable bonds is 6. The van der Waals surface area contributed by atoms with Crippen LogP contribution >= 0.6 is 11.6 Å². The molecule has 3 N–H and O–H groups in total. The summed E-state index contributed by atoms with van der Waals surface area (Å²) in [7, 11) is -3.78. The Hall–Kier alpha value is -3.36. The number of anilines is 3. The van der Waals surface area contributed by atoms with Crippen molar-refractivity contribution in [2.24, 2.45) is 0 Å². The Labute approximate surface area is 191 Å². The normalized spacial score (nSPS) is 11.0. The van der Waals surface area contributed by atoms with Crippen LogP contribution in [0.25, 0.3) is 0 Å². The van der Waals surface area contributed by atoms with E-state index in [1.807, 2.05) is 13.0 Å². The van der Waals surface area contributed by atoms with Crippen molar-refractivity contribution in [3.05, 3.63) is 82.4 Å². The molecule has 0 saturated carbocycles. The van der Waals surface area contributed by atoms with E-state index >= 15 is 0 Å². The van der Waals surface area contributed by atoms with E-state index in [2.05, 4.69) is 15.4 Å². The van der Waals surface area contributed by atoms with E-state index < -0.39 is 15.9 Å². The van der Waals surface area contributed by atoms with Crippen LogP contribution in [0.4, 0.5) is 17.1 Å². The highest BCUT2D eigenvalue weighted by Crippen LogP contribution is 2.27. The molecule has 0 radical (unpaired) electrons. The molecule has 0 heterocycles. The second-order valence-electron chi connectivity index (χ2n) is 7.28. The molecule has 3 rings (SSSR count).